The van der Waals surface area contributed by atoms with E-state index in [-0.39, 0.29) is 30.4 Å². The van der Waals surface area contributed by atoms with Crippen LogP contribution in [0.3, 0.4) is 0 Å². The number of nitrogens with one attached hydrogen (secondary N) is 1. The molecule has 1 N–H and O–H groups in total. The van der Waals surface area contributed by atoms with Gasteiger partial charge >= 0.3 is 24.1 Å². The van der Waals surface area contributed by atoms with Crippen molar-refractivity contribution in [3.63, 3.8) is 0 Å². The number of hydrogen-bond acceptors (Lipinski definition) is 9. The van der Waals surface area contributed by atoms with E-state index < -0.39 is 35.8 Å². The van der Waals surface area contributed by atoms with Gasteiger partial charge in [0.1, 0.15) is 23.1 Å². The summed E-state index contributed by atoms with van der Waals surface area (Å²) < 4.78 is 51.6. The van der Waals surface area contributed by atoms with Gasteiger partial charge in [-0.25, -0.2) is 14.6 Å². The van der Waals surface area contributed by atoms with E-state index in [4.69, 9.17) is 9.47 Å². The minimum Gasteiger partial charge on any atom is -0.458 e. The molecule has 1 fully saturated rings. The summed E-state index contributed by atoms with van der Waals surface area (Å²) >= 11 is 0. The predicted molar refractivity (Wildman–Crippen MR) is 160 cm³/mol. The third-order valence-electron chi connectivity index (χ3n) is 6.83. The highest BCUT2D eigenvalue weighted by Crippen LogP contribution is 2.31. The third-order valence-corrected chi connectivity index (χ3v) is 6.83. The molecule has 0 radical (unpaired) electrons. The first-order chi connectivity index (χ1) is 20.7. The van der Waals surface area contributed by atoms with Crippen LogP contribution in [0.2, 0.25) is 0 Å². The molecule has 1 aromatic carbocycles. The quantitative estimate of drug-likeness (QED) is 0.338. The molecule has 44 heavy (non-hydrogen) atoms. The van der Waals surface area contributed by atoms with Crippen molar-refractivity contribution in [3.05, 3.63) is 36.0 Å². The molecule has 14 heteroatoms. The molecule has 2 aromatic rings. The molecule has 11 nitrogen and oxygen atoms in total. The molecule has 2 amide bonds. The molecule has 1 aromatic heterocycles. The van der Waals surface area contributed by atoms with Gasteiger partial charge in [0, 0.05) is 39.1 Å². The van der Waals surface area contributed by atoms with E-state index >= 15 is 0 Å². The lowest BCUT2D eigenvalue weighted by Gasteiger charge is -2.29. The Morgan fingerprint density at radius 3 is 2.14 bits per heavy atom. The fraction of sp³-hybridized carbons (Fsp3) is 0.567. The van der Waals surface area contributed by atoms with E-state index in [1.54, 1.807) is 54.8 Å². The van der Waals surface area contributed by atoms with Crippen LogP contribution < -0.4 is 19.9 Å². The molecule has 3 rings (SSSR count). The second-order valence-corrected chi connectivity index (χ2v) is 11.3. The van der Waals surface area contributed by atoms with Crippen LogP contribution in [0.1, 0.15) is 59.9 Å². The van der Waals surface area contributed by atoms with E-state index in [0.29, 0.717) is 42.4 Å². The van der Waals surface area contributed by atoms with E-state index in [9.17, 15) is 27.6 Å². The van der Waals surface area contributed by atoms with Crippen LogP contribution in [0.15, 0.2) is 30.5 Å². The van der Waals surface area contributed by atoms with Gasteiger partial charge in [0.2, 0.25) is 5.95 Å². The Kier molecular flexibility index (Phi) is 11.4. The monoisotopic (exact) mass is 622 g/mol. The zero-order chi connectivity index (χ0) is 32.7. The molecule has 2 heterocycles. The standard InChI is InChI=1S/C30H41F3N6O5/c1-7-37(8-2)27-34-19-23(39(9-3)26(41)30(31,32)33)24(36-27)35-22(25(40)44-29(4,5)6)18-20-12-14-21(15-13-20)43-28(42)38-16-10-11-17-38/h12-15,19,22H,7-11,16-18H2,1-6H3,(H,34,35,36)/t22-/m1/s1. The number of ether oxygens (including phenoxy) is 2. The lowest BCUT2D eigenvalue weighted by molar-refractivity contribution is -0.170. The van der Waals surface area contributed by atoms with Gasteiger partial charge in [-0.2, -0.15) is 18.2 Å². The number of nitrogens with zero attached hydrogens (tertiary/aromatic N) is 5. The highest BCUT2D eigenvalue weighted by molar-refractivity contribution is 5.99. The minimum atomic E-state index is -5.14. The van der Waals surface area contributed by atoms with Crippen molar-refractivity contribution in [3.8, 4) is 5.75 Å². The smallest absolute Gasteiger partial charge is 0.458 e. The number of rotatable bonds is 11. The van der Waals surface area contributed by atoms with Crippen molar-refractivity contribution in [1.82, 2.24) is 14.9 Å². The molecule has 1 saturated heterocycles. The van der Waals surface area contributed by atoms with E-state index in [2.05, 4.69) is 15.3 Å². The van der Waals surface area contributed by atoms with Crippen molar-refractivity contribution in [2.45, 2.75) is 78.6 Å². The Morgan fingerprint density at radius 2 is 1.61 bits per heavy atom. The number of aromatic nitrogens is 2. The molecule has 0 aliphatic carbocycles. The number of alkyl halides is 3. The SMILES string of the molecule is CCN(CC)c1ncc(N(CC)C(=O)C(F)(F)F)c(N[C@H](Cc2ccc(OC(=O)N3CCCC3)cc2)C(=O)OC(C)(C)C)n1. The molecule has 0 saturated carbocycles. The maximum atomic E-state index is 13.5. The van der Waals surface area contributed by atoms with Gasteiger partial charge in [-0.15, -0.1) is 0 Å². The zero-order valence-electron chi connectivity index (χ0n) is 26.0. The summed E-state index contributed by atoms with van der Waals surface area (Å²) in [4.78, 5) is 50.8. The lowest BCUT2D eigenvalue weighted by Crippen LogP contribution is -2.43. The average Bonchev–Trinajstić information content (AvgIpc) is 3.50. The largest absolute Gasteiger partial charge is 0.471 e. The Bertz CT molecular complexity index is 1290. The number of carbonyl (C=O) groups is 3. The fourth-order valence-corrected chi connectivity index (χ4v) is 4.63. The van der Waals surface area contributed by atoms with Gasteiger partial charge in [-0.05, 0) is 72.1 Å². The summed E-state index contributed by atoms with van der Waals surface area (Å²) in [5, 5.41) is 2.96. The maximum absolute atomic E-state index is 13.5. The Labute approximate surface area is 255 Å². The number of esters is 1. The van der Waals surface area contributed by atoms with Crippen LogP contribution in [0.5, 0.6) is 5.75 Å². The molecule has 0 spiro atoms. The van der Waals surface area contributed by atoms with Crippen LogP contribution in [0.25, 0.3) is 0 Å². The molecule has 242 valence electrons. The van der Waals surface area contributed by atoms with Gasteiger partial charge in [0.05, 0.1) is 6.20 Å². The van der Waals surface area contributed by atoms with Crippen LogP contribution in [-0.4, -0.2) is 83.4 Å². The minimum absolute atomic E-state index is 0.0403. The summed E-state index contributed by atoms with van der Waals surface area (Å²) in [7, 11) is 0. The Hall–Kier alpha value is -4.10. The van der Waals surface area contributed by atoms with Crippen molar-refractivity contribution >= 4 is 35.4 Å². The highest BCUT2D eigenvalue weighted by atomic mass is 19.4. The molecule has 1 atom stereocenters. The zero-order valence-corrected chi connectivity index (χ0v) is 26.0. The van der Waals surface area contributed by atoms with Gasteiger partial charge in [-0.3, -0.25) is 4.79 Å². The number of carbonyl (C=O) groups excluding carboxylic acids is 3. The first kappa shape index (κ1) is 34.4. The third kappa shape index (κ3) is 9.20. The summed E-state index contributed by atoms with van der Waals surface area (Å²) in [6.07, 6.45) is -2.53. The van der Waals surface area contributed by atoms with E-state index in [1.807, 2.05) is 13.8 Å². The number of amides is 2. The van der Waals surface area contributed by atoms with Crippen molar-refractivity contribution < 1.29 is 37.0 Å². The van der Waals surface area contributed by atoms with Gasteiger partial charge < -0.3 is 29.5 Å². The van der Waals surface area contributed by atoms with E-state index in [1.165, 1.54) is 6.92 Å². The molecule has 1 aliphatic rings. The van der Waals surface area contributed by atoms with Crippen LogP contribution in [0.4, 0.5) is 35.4 Å². The molecular weight excluding hydrogens is 581 g/mol. The second kappa shape index (κ2) is 14.6. The number of benzene rings is 1. The number of likely N-dealkylation sites (tertiary alicyclic amines) is 1. The lowest BCUT2D eigenvalue weighted by atomic mass is 10.0. The maximum Gasteiger partial charge on any atom is 0.471 e. The molecular formula is C30H41F3N6O5. The first-order valence-electron chi connectivity index (χ1n) is 14.7. The Balaban J connectivity index is 1.97. The van der Waals surface area contributed by atoms with Gasteiger partial charge in [0.25, 0.3) is 0 Å². The number of hydrogen-bond donors (Lipinski definition) is 1. The molecule has 0 bridgehead atoms. The average molecular weight is 623 g/mol. The predicted octanol–water partition coefficient (Wildman–Crippen LogP) is 5.20. The van der Waals surface area contributed by atoms with Crippen molar-refractivity contribution in [2.75, 3.05) is 47.8 Å². The normalized spacial score (nSPS) is 14.2. The van der Waals surface area contributed by atoms with Crippen molar-refractivity contribution in [1.29, 1.82) is 0 Å². The number of anilines is 3. The molecule has 0 unspecified atom stereocenters. The van der Waals surface area contributed by atoms with Gasteiger partial charge in [-0.1, -0.05) is 12.1 Å². The fourth-order valence-electron chi connectivity index (χ4n) is 4.63. The summed E-state index contributed by atoms with van der Waals surface area (Å²) in [5.74, 6) is -2.35. The summed E-state index contributed by atoms with van der Waals surface area (Å²) in [6.45, 7) is 12.2. The van der Waals surface area contributed by atoms with E-state index in [0.717, 1.165) is 19.0 Å². The molecule has 1 aliphatic heterocycles. The van der Waals surface area contributed by atoms with Crippen LogP contribution >= 0.6 is 0 Å². The second-order valence-electron chi connectivity index (χ2n) is 11.3. The topological polar surface area (TPSA) is 117 Å². The summed E-state index contributed by atoms with van der Waals surface area (Å²) in [6, 6.07) is 5.44. The Morgan fingerprint density at radius 1 is 1.00 bits per heavy atom. The number of halogens is 3. The first-order valence-corrected chi connectivity index (χ1v) is 14.7. The van der Waals surface area contributed by atoms with Gasteiger partial charge in [0.15, 0.2) is 5.82 Å². The van der Waals surface area contributed by atoms with Crippen LogP contribution in [0, 0.1) is 0 Å². The van der Waals surface area contributed by atoms with Crippen molar-refractivity contribution in [2.24, 2.45) is 0 Å². The summed E-state index contributed by atoms with van der Waals surface area (Å²) in [5.41, 5.74) is -0.455. The highest BCUT2D eigenvalue weighted by Gasteiger charge is 2.43. The van der Waals surface area contributed by atoms with Crippen LogP contribution in [-0.2, 0) is 20.7 Å².